The van der Waals surface area contributed by atoms with E-state index < -0.39 is 11.7 Å². The van der Waals surface area contributed by atoms with Crippen LogP contribution in [0.3, 0.4) is 0 Å². The summed E-state index contributed by atoms with van der Waals surface area (Å²) in [4.78, 5) is 14.2. The minimum absolute atomic E-state index is 0.267. The molecule has 136 valence electrons. The summed E-state index contributed by atoms with van der Waals surface area (Å²) in [6.45, 7) is 3.93. The van der Waals surface area contributed by atoms with Gasteiger partial charge in [0.1, 0.15) is 5.58 Å². The quantitative estimate of drug-likeness (QED) is 0.596. The molecule has 0 amide bonds. The minimum Gasteiger partial charge on any atom is -0.423 e. The van der Waals surface area contributed by atoms with Crippen LogP contribution in [0.15, 0.2) is 27.4 Å². The minimum atomic E-state index is -0.698. The summed E-state index contributed by atoms with van der Waals surface area (Å²) < 4.78 is 5.40. The molecule has 0 bridgehead atoms. The fourth-order valence-corrected chi connectivity index (χ4v) is 3.69. The third-order valence-electron chi connectivity index (χ3n) is 4.98. The highest BCUT2D eigenvalue weighted by Gasteiger charge is 2.20. The molecule has 1 aliphatic heterocycles. The Kier molecular flexibility index (Phi) is 5.76. The van der Waals surface area contributed by atoms with Crippen molar-refractivity contribution in [2.75, 3.05) is 24.6 Å². The molecule has 1 aromatic heterocycles. The standard InChI is InChI=1S/C20H27NO4/c1-14(23)16-12-20(24)25-19-13-18-15(11-17(16)19)7-6-9-21(18)8-4-2-3-5-10-22/h11-14,22-23H,2-10H2,1H3. The smallest absolute Gasteiger partial charge is 0.336 e. The van der Waals surface area contributed by atoms with E-state index in [9.17, 15) is 9.90 Å². The highest BCUT2D eigenvalue weighted by atomic mass is 16.4. The molecule has 0 spiro atoms. The molecule has 3 rings (SSSR count). The lowest BCUT2D eigenvalue weighted by Crippen LogP contribution is -2.30. The Morgan fingerprint density at radius 1 is 1.20 bits per heavy atom. The first-order valence-corrected chi connectivity index (χ1v) is 9.24. The first-order valence-electron chi connectivity index (χ1n) is 9.24. The highest BCUT2D eigenvalue weighted by Crippen LogP contribution is 2.34. The van der Waals surface area contributed by atoms with Gasteiger partial charge < -0.3 is 19.5 Å². The lowest BCUT2D eigenvalue weighted by Gasteiger charge is -2.31. The van der Waals surface area contributed by atoms with E-state index in [0.29, 0.717) is 11.1 Å². The lowest BCUT2D eigenvalue weighted by atomic mass is 9.96. The molecule has 0 aliphatic carbocycles. The summed E-state index contributed by atoms with van der Waals surface area (Å²) >= 11 is 0. The van der Waals surface area contributed by atoms with Crippen LogP contribution >= 0.6 is 0 Å². The SMILES string of the molecule is CC(O)c1cc(=O)oc2cc3c(cc12)CCCN3CCCCCCO. The molecule has 1 unspecified atom stereocenters. The lowest BCUT2D eigenvalue weighted by molar-refractivity contribution is 0.200. The van der Waals surface area contributed by atoms with E-state index in [1.54, 1.807) is 6.92 Å². The zero-order chi connectivity index (χ0) is 17.8. The summed E-state index contributed by atoms with van der Waals surface area (Å²) in [5, 5.41) is 19.7. The van der Waals surface area contributed by atoms with Gasteiger partial charge in [-0.1, -0.05) is 12.8 Å². The van der Waals surface area contributed by atoms with Crippen molar-refractivity contribution in [1.29, 1.82) is 0 Å². The Bertz CT molecular complexity index is 781. The summed E-state index contributed by atoms with van der Waals surface area (Å²) in [5.74, 6) is 0. The van der Waals surface area contributed by atoms with Crippen LogP contribution in [0.5, 0.6) is 0 Å². The molecule has 5 nitrogen and oxygen atoms in total. The largest absolute Gasteiger partial charge is 0.423 e. The van der Waals surface area contributed by atoms with Crippen LogP contribution in [-0.4, -0.2) is 29.9 Å². The van der Waals surface area contributed by atoms with Gasteiger partial charge in [-0.2, -0.15) is 0 Å². The Morgan fingerprint density at radius 3 is 2.76 bits per heavy atom. The number of benzene rings is 1. The highest BCUT2D eigenvalue weighted by molar-refractivity contribution is 5.86. The van der Waals surface area contributed by atoms with Crippen LogP contribution in [0.4, 0.5) is 5.69 Å². The number of aryl methyl sites for hydroxylation is 1. The number of aliphatic hydroxyl groups is 2. The first kappa shape index (κ1) is 18.0. The number of hydrogen-bond acceptors (Lipinski definition) is 5. The van der Waals surface area contributed by atoms with Crippen LogP contribution in [0, 0.1) is 0 Å². The van der Waals surface area contributed by atoms with E-state index in [4.69, 9.17) is 9.52 Å². The van der Waals surface area contributed by atoms with E-state index in [-0.39, 0.29) is 6.61 Å². The van der Waals surface area contributed by atoms with Gasteiger partial charge in [-0.3, -0.25) is 0 Å². The normalized spacial score (nSPS) is 15.4. The maximum absolute atomic E-state index is 11.8. The van der Waals surface area contributed by atoms with E-state index in [2.05, 4.69) is 11.0 Å². The summed E-state index contributed by atoms with van der Waals surface area (Å²) in [7, 11) is 0. The van der Waals surface area contributed by atoms with Gasteiger partial charge in [-0.05, 0) is 49.8 Å². The number of nitrogens with zero attached hydrogens (tertiary/aromatic N) is 1. The maximum atomic E-state index is 11.8. The molecule has 2 aromatic rings. The van der Waals surface area contributed by atoms with Crippen molar-refractivity contribution in [3.8, 4) is 0 Å². The molecular weight excluding hydrogens is 318 g/mol. The third kappa shape index (κ3) is 4.05. The number of aliphatic hydroxyl groups excluding tert-OH is 2. The average molecular weight is 345 g/mol. The molecule has 0 radical (unpaired) electrons. The average Bonchev–Trinajstić information content (AvgIpc) is 2.59. The van der Waals surface area contributed by atoms with Crippen molar-refractivity contribution in [3.63, 3.8) is 0 Å². The molecule has 2 heterocycles. The number of hydrogen-bond donors (Lipinski definition) is 2. The predicted octanol–water partition coefficient (Wildman–Crippen LogP) is 3.15. The number of unbranched alkanes of at least 4 members (excludes halogenated alkanes) is 3. The van der Waals surface area contributed by atoms with Gasteiger partial charge in [0.25, 0.3) is 0 Å². The molecular formula is C20H27NO4. The molecule has 0 saturated heterocycles. The van der Waals surface area contributed by atoms with Gasteiger partial charge in [-0.25, -0.2) is 4.79 Å². The topological polar surface area (TPSA) is 73.9 Å². The zero-order valence-corrected chi connectivity index (χ0v) is 14.8. The van der Waals surface area contributed by atoms with Crippen molar-refractivity contribution in [2.24, 2.45) is 0 Å². The van der Waals surface area contributed by atoms with E-state index in [1.165, 1.54) is 11.6 Å². The first-order chi connectivity index (χ1) is 12.1. The molecule has 2 N–H and O–H groups in total. The second-order valence-electron chi connectivity index (χ2n) is 6.90. The second-order valence-corrected chi connectivity index (χ2v) is 6.90. The van der Waals surface area contributed by atoms with Crippen molar-refractivity contribution < 1.29 is 14.6 Å². The van der Waals surface area contributed by atoms with Crippen LogP contribution in [-0.2, 0) is 6.42 Å². The van der Waals surface area contributed by atoms with Gasteiger partial charge in [0.15, 0.2) is 0 Å². The Labute approximate surface area is 147 Å². The summed E-state index contributed by atoms with van der Waals surface area (Å²) in [6, 6.07) is 5.43. The predicted molar refractivity (Wildman–Crippen MR) is 99.2 cm³/mol. The summed E-state index contributed by atoms with van der Waals surface area (Å²) in [6.07, 6.45) is 5.54. The fourth-order valence-electron chi connectivity index (χ4n) is 3.69. The Balaban J connectivity index is 1.88. The fraction of sp³-hybridized carbons (Fsp3) is 0.550. The maximum Gasteiger partial charge on any atom is 0.336 e. The molecule has 1 aliphatic rings. The van der Waals surface area contributed by atoms with E-state index in [0.717, 1.165) is 62.7 Å². The second kappa shape index (κ2) is 8.02. The molecule has 5 heteroatoms. The molecule has 25 heavy (non-hydrogen) atoms. The molecule has 0 fully saturated rings. The van der Waals surface area contributed by atoms with Crippen molar-refractivity contribution >= 4 is 16.7 Å². The van der Waals surface area contributed by atoms with Crippen LogP contribution in [0.2, 0.25) is 0 Å². The van der Waals surface area contributed by atoms with E-state index >= 15 is 0 Å². The van der Waals surface area contributed by atoms with Crippen molar-refractivity contribution in [2.45, 2.75) is 51.6 Å². The van der Waals surface area contributed by atoms with Crippen molar-refractivity contribution in [1.82, 2.24) is 0 Å². The Morgan fingerprint density at radius 2 is 2.00 bits per heavy atom. The van der Waals surface area contributed by atoms with Crippen molar-refractivity contribution in [3.05, 3.63) is 39.7 Å². The number of rotatable bonds is 7. The van der Waals surface area contributed by atoms with E-state index in [1.807, 2.05) is 6.07 Å². The zero-order valence-electron chi connectivity index (χ0n) is 14.8. The number of fused-ring (bicyclic) bond motifs is 2. The van der Waals surface area contributed by atoms with Gasteiger partial charge >= 0.3 is 5.63 Å². The Hall–Kier alpha value is -1.85. The van der Waals surface area contributed by atoms with Gasteiger partial charge in [0, 0.05) is 42.9 Å². The number of anilines is 1. The van der Waals surface area contributed by atoms with Gasteiger partial charge in [0.05, 0.1) is 6.10 Å². The van der Waals surface area contributed by atoms with Crippen LogP contribution in [0.1, 0.15) is 56.3 Å². The molecule has 0 saturated carbocycles. The van der Waals surface area contributed by atoms with Crippen LogP contribution in [0.25, 0.3) is 11.0 Å². The van der Waals surface area contributed by atoms with Crippen LogP contribution < -0.4 is 10.5 Å². The third-order valence-corrected chi connectivity index (χ3v) is 4.98. The van der Waals surface area contributed by atoms with Gasteiger partial charge in [-0.15, -0.1) is 0 Å². The molecule has 1 aromatic carbocycles. The van der Waals surface area contributed by atoms with Gasteiger partial charge in [0.2, 0.25) is 0 Å². The molecule has 1 atom stereocenters. The monoisotopic (exact) mass is 345 g/mol. The summed E-state index contributed by atoms with van der Waals surface area (Å²) in [5.41, 5.74) is 3.16.